The number of esters is 1. The summed E-state index contributed by atoms with van der Waals surface area (Å²) in [5.41, 5.74) is 5.49. The molecule has 0 amide bonds. The molecule has 2 heterocycles. The maximum Gasteiger partial charge on any atom is 0.337 e. The molecular formula is C29H39N5O2. The van der Waals surface area contributed by atoms with E-state index in [1.54, 1.807) is 0 Å². The zero-order valence-corrected chi connectivity index (χ0v) is 22.3. The molecule has 0 aliphatic rings. The van der Waals surface area contributed by atoms with Crippen LogP contribution in [0.4, 0.5) is 5.95 Å². The van der Waals surface area contributed by atoms with Crippen molar-refractivity contribution in [3.8, 4) is 11.4 Å². The Hall–Kier alpha value is -3.35. The van der Waals surface area contributed by atoms with Crippen LogP contribution in [0.25, 0.3) is 33.5 Å². The molecule has 0 bridgehead atoms. The van der Waals surface area contributed by atoms with E-state index in [0.717, 1.165) is 91.1 Å². The SMILES string of the molecule is CCCCNc1nc2cccc(-c3nc4cc(C(=O)OC)ccc4n3CCCC)c2n1CCC(C)C. The fraction of sp³-hybridized carbons (Fsp3) is 0.483. The molecule has 192 valence electrons. The number of benzene rings is 2. The summed E-state index contributed by atoms with van der Waals surface area (Å²) in [5, 5.41) is 3.58. The van der Waals surface area contributed by atoms with Gasteiger partial charge in [-0.2, -0.15) is 0 Å². The zero-order valence-electron chi connectivity index (χ0n) is 22.3. The number of fused-ring (bicyclic) bond motifs is 2. The second kappa shape index (κ2) is 11.6. The fourth-order valence-electron chi connectivity index (χ4n) is 4.61. The van der Waals surface area contributed by atoms with Gasteiger partial charge < -0.3 is 19.2 Å². The van der Waals surface area contributed by atoms with E-state index in [4.69, 9.17) is 14.7 Å². The van der Waals surface area contributed by atoms with Crippen LogP contribution in [0.3, 0.4) is 0 Å². The first-order chi connectivity index (χ1) is 17.5. The minimum atomic E-state index is -0.349. The molecule has 0 aliphatic heterocycles. The van der Waals surface area contributed by atoms with Crippen molar-refractivity contribution < 1.29 is 9.53 Å². The molecule has 0 aliphatic carbocycles. The highest BCUT2D eigenvalue weighted by Crippen LogP contribution is 2.34. The largest absolute Gasteiger partial charge is 0.465 e. The highest BCUT2D eigenvalue weighted by molar-refractivity contribution is 5.97. The molecule has 1 N–H and O–H groups in total. The smallest absolute Gasteiger partial charge is 0.337 e. The predicted octanol–water partition coefficient (Wildman–Crippen LogP) is 6.90. The van der Waals surface area contributed by atoms with Gasteiger partial charge in [0.15, 0.2) is 0 Å². The van der Waals surface area contributed by atoms with Crippen LogP contribution in [-0.2, 0) is 17.8 Å². The number of rotatable bonds is 12. The van der Waals surface area contributed by atoms with Gasteiger partial charge in [-0.05, 0) is 55.5 Å². The number of hydrogen-bond acceptors (Lipinski definition) is 5. The summed E-state index contributed by atoms with van der Waals surface area (Å²) in [7, 11) is 1.41. The van der Waals surface area contributed by atoms with Crippen molar-refractivity contribution in [2.75, 3.05) is 19.0 Å². The van der Waals surface area contributed by atoms with Gasteiger partial charge in [0.05, 0.1) is 34.7 Å². The van der Waals surface area contributed by atoms with E-state index in [2.05, 4.69) is 60.3 Å². The molecule has 0 atom stereocenters. The monoisotopic (exact) mass is 489 g/mol. The van der Waals surface area contributed by atoms with Crippen LogP contribution in [0.5, 0.6) is 0 Å². The van der Waals surface area contributed by atoms with E-state index in [9.17, 15) is 4.79 Å². The molecule has 7 heteroatoms. The van der Waals surface area contributed by atoms with E-state index in [-0.39, 0.29) is 5.97 Å². The summed E-state index contributed by atoms with van der Waals surface area (Å²) in [6.45, 7) is 11.6. The number of nitrogens with one attached hydrogen (secondary N) is 1. The first-order valence-electron chi connectivity index (χ1n) is 13.3. The average Bonchev–Trinajstić information content (AvgIpc) is 3.42. The summed E-state index contributed by atoms with van der Waals surface area (Å²) in [4.78, 5) is 22.2. The molecule has 4 aromatic rings. The lowest BCUT2D eigenvalue weighted by atomic mass is 10.1. The van der Waals surface area contributed by atoms with Gasteiger partial charge in [0.1, 0.15) is 5.82 Å². The maximum absolute atomic E-state index is 12.2. The summed E-state index contributed by atoms with van der Waals surface area (Å²) in [6, 6.07) is 11.9. The summed E-state index contributed by atoms with van der Waals surface area (Å²) in [6.07, 6.45) is 5.44. The van der Waals surface area contributed by atoms with Crippen molar-refractivity contribution >= 4 is 34.0 Å². The van der Waals surface area contributed by atoms with Crippen molar-refractivity contribution in [2.24, 2.45) is 5.92 Å². The third kappa shape index (κ3) is 5.25. The Balaban J connectivity index is 1.91. The van der Waals surface area contributed by atoms with E-state index in [0.29, 0.717) is 11.5 Å². The Bertz CT molecular complexity index is 1330. The number of anilines is 1. The Morgan fingerprint density at radius 3 is 2.53 bits per heavy atom. The van der Waals surface area contributed by atoms with Crippen molar-refractivity contribution in [3.63, 3.8) is 0 Å². The molecule has 0 fully saturated rings. The second-order valence-electron chi connectivity index (χ2n) is 9.86. The van der Waals surface area contributed by atoms with E-state index in [1.165, 1.54) is 7.11 Å². The van der Waals surface area contributed by atoms with Crippen LogP contribution in [0.1, 0.15) is 70.2 Å². The minimum absolute atomic E-state index is 0.349. The lowest BCUT2D eigenvalue weighted by Gasteiger charge is -2.15. The topological polar surface area (TPSA) is 74.0 Å². The van der Waals surface area contributed by atoms with Gasteiger partial charge in [-0.25, -0.2) is 14.8 Å². The van der Waals surface area contributed by atoms with Gasteiger partial charge >= 0.3 is 5.97 Å². The maximum atomic E-state index is 12.2. The van der Waals surface area contributed by atoms with Gasteiger partial charge in [0.2, 0.25) is 5.95 Å². The Morgan fingerprint density at radius 2 is 1.81 bits per heavy atom. The molecule has 4 rings (SSSR count). The van der Waals surface area contributed by atoms with Crippen LogP contribution in [0, 0.1) is 5.92 Å². The quantitative estimate of drug-likeness (QED) is 0.173. The number of carbonyl (C=O) groups excluding carboxylic acids is 1. The van der Waals surface area contributed by atoms with Crippen LogP contribution >= 0.6 is 0 Å². The number of carbonyl (C=O) groups is 1. The summed E-state index contributed by atoms with van der Waals surface area (Å²) in [5.74, 6) is 2.08. The van der Waals surface area contributed by atoms with Gasteiger partial charge in [-0.15, -0.1) is 0 Å². The molecule has 7 nitrogen and oxygen atoms in total. The normalized spacial score (nSPS) is 11.6. The standard InChI is InChI=1S/C29H39N5O2/c1-6-8-16-30-29-32-23-12-10-11-22(26(23)34(29)18-15-20(3)4)27-31-24-19-21(28(35)36-5)13-14-25(24)33(27)17-9-7-2/h10-14,19-20H,6-9,15-18H2,1-5H3,(H,30,32). The lowest BCUT2D eigenvalue weighted by Crippen LogP contribution is -2.11. The molecular weight excluding hydrogens is 450 g/mol. The Morgan fingerprint density at radius 1 is 1.00 bits per heavy atom. The second-order valence-corrected chi connectivity index (χ2v) is 9.86. The molecule has 0 radical (unpaired) electrons. The van der Waals surface area contributed by atoms with Crippen molar-refractivity contribution in [1.29, 1.82) is 0 Å². The molecule has 0 spiro atoms. The molecule has 0 saturated carbocycles. The highest BCUT2D eigenvalue weighted by Gasteiger charge is 2.21. The van der Waals surface area contributed by atoms with Crippen LogP contribution in [0.15, 0.2) is 36.4 Å². The number of methoxy groups -OCH3 is 1. The van der Waals surface area contributed by atoms with Gasteiger partial charge in [0, 0.05) is 25.2 Å². The Kier molecular flexibility index (Phi) is 8.28. The number of ether oxygens (including phenoxy) is 1. The molecule has 2 aromatic heterocycles. The minimum Gasteiger partial charge on any atom is -0.465 e. The van der Waals surface area contributed by atoms with Gasteiger partial charge in [-0.3, -0.25) is 0 Å². The predicted molar refractivity (Wildman–Crippen MR) is 148 cm³/mol. The average molecular weight is 490 g/mol. The van der Waals surface area contributed by atoms with E-state index in [1.807, 2.05) is 18.2 Å². The molecule has 0 unspecified atom stereocenters. The van der Waals surface area contributed by atoms with Crippen molar-refractivity contribution in [3.05, 3.63) is 42.0 Å². The van der Waals surface area contributed by atoms with Gasteiger partial charge in [0.25, 0.3) is 0 Å². The summed E-state index contributed by atoms with van der Waals surface area (Å²) >= 11 is 0. The first-order valence-corrected chi connectivity index (χ1v) is 13.3. The zero-order chi connectivity index (χ0) is 25.7. The molecule has 36 heavy (non-hydrogen) atoms. The van der Waals surface area contributed by atoms with Crippen LogP contribution in [-0.4, -0.2) is 38.7 Å². The number of unbranched alkanes of at least 4 members (excludes halogenated alkanes) is 2. The number of nitrogens with zero attached hydrogens (tertiary/aromatic N) is 4. The van der Waals surface area contributed by atoms with Crippen LogP contribution in [0.2, 0.25) is 0 Å². The van der Waals surface area contributed by atoms with Crippen LogP contribution < -0.4 is 5.32 Å². The number of para-hydroxylation sites is 1. The molecule has 2 aromatic carbocycles. The van der Waals surface area contributed by atoms with Crippen molar-refractivity contribution in [1.82, 2.24) is 19.1 Å². The van der Waals surface area contributed by atoms with E-state index >= 15 is 0 Å². The van der Waals surface area contributed by atoms with E-state index < -0.39 is 0 Å². The van der Waals surface area contributed by atoms with Gasteiger partial charge in [-0.1, -0.05) is 46.6 Å². The summed E-state index contributed by atoms with van der Waals surface area (Å²) < 4.78 is 9.57. The Labute approximate surface area is 213 Å². The fourth-order valence-corrected chi connectivity index (χ4v) is 4.61. The third-order valence-electron chi connectivity index (χ3n) is 6.66. The number of aromatic nitrogens is 4. The molecule has 0 saturated heterocycles. The highest BCUT2D eigenvalue weighted by atomic mass is 16.5. The lowest BCUT2D eigenvalue weighted by molar-refractivity contribution is 0.0601. The number of hydrogen-bond donors (Lipinski definition) is 1. The third-order valence-corrected chi connectivity index (χ3v) is 6.66. The number of imidazole rings is 2. The van der Waals surface area contributed by atoms with Crippen molar-refractivity contribution in [2.45, 2.75) is 72.9 Å². The first kappa shape index (κ1) is 25.7. The number of aryl methyl sites for hydroxylation is 2.